The van der Waals surface area contributed by atoms with Gasteiger partial charge in [0.2, 0.25) is 0 Å². The molecule has 2 aromatic rings. The van der Waals surface area contributed by atoms with Gasteiger partial charge in [-0.3, -0.25) is 0 Å². The number of aryl methyl sites for hydroxylation is 1. The first-order valence-electron chi connectivity index (χ1n) is 8.25. The molecule has 1 aromatic heterocycles. The van der Waals surface area contributed by atoms with E-state index in [4.69, 9.17) is 4.98 Å². The summed E-state index contributed by atoms with van der Waals surface area (Å²) in [5, 5.41) is 3.69. The van der Waals surface area contributed by atoms with Crippen molar-refractivity contribution in [1.82, 2.24) is 14.9 Å². The molecule has 1 N–H and O–H groups in total. The molecule has 0 radical (unpaired) electrons. The maximum Gasteiger partial charge on any atom is 0.110 e. The highest BCUT2D eigenvalue weighted by atomic mass is 15.1. The zero-order valence-corrected chi connectivity index (χ0v) is 13.5. The van der Waals surface area contributed by atoms with Crippen molar-refractivity contribution in [2.45, 2.75) is 52.0 Å². The van der Waals surface area contributed by atoms with E-state index < -0.39 is 0 Å². The molecule has 1 aliphatic carbocycles. The molecule has 0 amide bonds. The number of nitrogens with one attached hydrogen (secondary N) is 1. The van der Waals surface area contributed by atoms with Gasteiger partial charge in [0, 0.05) is 19.5 Å². The van der Waals surface area contributed by atoms with Crippen molar-refractivity contribution in [3.8, 4) is 0 Å². The molecule has 114 valence electrons. The maximum absolute atomic E-state index is 4.85. The van der Waals surface area contributed by atoms with Crippen LogP contribution < -0.4 is 5.32 Å². The number of rotatable bonds is 5. The summed E-state index contributed by atoms with van der Waals surface area (Å²) in [4.78, 5) is 4.85. The summed E-state index contributed by atoms with van der Waals surface area (Å²) >= 11 is 0. The van der Waals surface area contributed by atoms with E-state index in [1.54, 1.807) is 0 Å². The zero-order chi connectivity index (χ0) is 14.9. The van der Waals surface area contributed by atoms with E-state index in [0.717, 1.165) is 18.5 Å². The fourth-order valence-electron chi connectivity index (χ4n) is 3.74. The minimum absolute atomic E-state index is 0.389. The first-order valence-corrected chi connectivity index (χ1v) is 8.25. The second-order valence-electron chi connectivity index (χ2n) is 6.96. The van der Waals surface area contributed by atoms with Crippen molar-refractivity contribution < 1.29 is 0 Å². The Labute approximate surface area is 127 Å². The Morgan fingerprint density at radius 3 is 2.95 bits per heavy atom. The van der Waals surface area contributed by atoms with Crippen LogP contribution in [0.3, 0.4) is 0 Å². The van der Waals surface area contributed by atoms with Gasteiger partial charge in [0.05, 0.1) is 11.0 Å². The second kappa shape index (κ2) is 5.80. The number of benzene rings is 1. The predicted octanol–water partition coefficient (Wildman–Crippen LogP) is 3.67. The molecule has 0 saturated heterocycles. The molecule has 0 bridgehead atoms. The van der Waals surface area contributed by atoms with Gasteiger partial charge in [0.1, 0.15) is 5.82 Å². The fraction of sp³-hybridized carbons (Fsp3) is 0.611. The standard InChI is InChI=1S/C18H27N3/c1-4-11-19-14-9-10-18(2,12-14)13-17-20-15-7-5-6-8-16(15)21(17)3/h5-8,14,19H,4,9-13H2,1-3H3. The normalized spacial score (nSPS) is 25.8. The molecular formula is C18H27N3. The van der Waals surface area contributed by atoms with Gasteiger partial charge in [0.15, 0.2) is 0 Å². The van der Waals surface area contributed by atoms with Crippen LogP contribution in [-0.4, -0.2) is 22.1 Å². The zero-order valence-electron chi connectivity index (χ0n) is 13.5. The van der Waals surface area contributed by atoms with Gasteiger partial charge in [-0.2, -0.15) is 0 Å². The summed E-state index contributed by atoms with van der Waals surface area (Å²) in [6.45, 7) is 5.81. The van der Waals surface area contributed by atoms with Crippen molar-refractivity contribution in [3.05, 3.63) is 30.1 Å². The van der Waals surface area contributed by atoms with Crippen molar-refractivity contribution in [2.24, 2.45) is 12.5 Å². The maximum atomic E-state index is 4.85. The van der Waals surface area contributed by atoms with Crippen LogP contribution in [0.5, 0.6) is 0 Å². The first kappa shape index (κ1) is 14.6. The number of fused-ring (bicyclic) bond motifs is 1. The van der Waals surface area contributed by atoms with Gasteiger partial charge in [-0.25, -0.2) is 4.98 Å². The van der Waals surface area contributed by atoms with Crippen LogP contribution in [0.25, 0.3) is 11.0 Å². The number of hydrogen-bond donors (Lipinski definition) is 1. The highest BCUT2D eigenvalue weighted by Gasteiger charge is 2.35. The van der Waals surface area contributed by atoms with E-state index in [1.807, 2.05) is 0 Å². The van der Waals surface area contributed by atoms with E-state index >= 15 is 0 Å². The monoisotopic (exact) mass is 285 g/mol. The van der Waals surface area contributed by atoms with Gasteiger partial charge in [-0.05, 0) is 49.8 Å². The van der Waals surface area contributed by atoms with Crippen LogP contribution in [0.1, 0.15) is 45.4 Å². The van der Waals surface area contributed by atoms with Crippen molar-refractivity contribution in [1.29, 1.82) is 0 Å². The van der Waals surface area contributed by atoms with E-state index in [0.29, 0.717) is 11.5 Å². The Morgan fingerprint density at radius 1 is 1.38 bits per heavy atom. The molecule has 1 aromatic carbocycles. The average molecular weight is 285 g/mol. The Morgan fingerprint density at radius 2 is 2.19 bits per heavy atom. The first-order chi connectivity index (χ1) is 10.1. The molecule has 2 atom stereocenters. The van der Waals surface area contributed by atoms with Crippen LogP contribution in [-0.2, 0) is 13.5 Å². The van der Waals surface area contributed by atoms with Gasteiger partial charge < -0.3 is 9.88 Å². The van der Waals surface area contributed by atoms with Crippen molar-refractivity contribution in [3.63, 3.8) is 0 Å². The summed E-state index contributed by atoms with van der Waals surface area (Å²) < 4.78 is 2.27. The Bertz CT molecular complexity index is 616. The molecule has 0 aliphatic heterocycles. The lowest BCUT2D eigenvalue weighted by Gasteiger charge is -2.24. The minimum atomic E-state index is 0.389. The highest BCUT2D eigenvalue weighted by molar-refractivity contribution is 5.75. The predicted molar refractivity (Wildman–Crippen MR) is 88.5 cm³/mol. The molecule has 0 spiro atoms. The lowest BCUT2D eigenvalue weighted by Crippen LogP contribution is -2.29. The molecule has 3 rings (SSSR count). The lowest BCUT2D eigenvalue weighted by molar-refractivity contribution is 0.312. The summed E-state index contributed by atoms with van der Waals surface area (Å²) in [5.74, 6) is 1.23. The molecule has 3 nitrogen and oxygen atoms in total. The van der Waals surface area contributed by atoms with Gasteiger partial charge in [0.25, 0.3) is 0 Å². The van der Waals surface area contributed by atoms with Crippen LogP contribution >= 0.6 is 0 Å². The SMILES string of the molecule is CCCNC1CCC(C)(Cc2nc3ccccc3n2C)C1. The summed E-state index contributed by atoms with van der Waals surface area (Å²) in [5.41, 5.74) is 2.76. The van der Waals surface area contributed by atoms with E-state index in [1.165, 1.54) is 37.0 Å². The van der Waals surface area contributed by atoms with Crippen LogP contribution in [0.4, 0.5) is 0 Å². The molecule has 1 saturated carbocycles. The smallest absolute Gasteiger partial charge is 0.110 e. The third-order valence-electron chi connectivity index (χ3n) is 4.98. The number of nitrogens with zero attached hydrogens (tertiary/aromatic N) is 2. The van der Waals surface area contributed by atoms with Gasteiger partial charge >= 0.3 is 0 Å². The Balaban J connectivity index is 1.74. The number of para-hydroxylation sites is 2. The number of hydrogen-bond acceptors (Lipinski definition) is 2. The number of aromatic nitrogens is 2. The van der Waals surface area contributed by atoms with Crippen molar-refractivity contribution in [2.75, 3.05) is 6.54 Å². The molecule has 1 aliphatic rings. The molecule has 21 heavy (non-hydrogen) atoms. The third kappa shape index (κ3) is 2.98. The highest BCUT2D eigenvalue weighted by Crippen LogP contribution is 2.40. The van der Waals surface area contributed by atoms with Gasteiger partial charge in [-0.15, -0.1) is 0 Å². The second-order valence-corrected chi connectivity index (χ2v) is 6.96. The minimum Gasteiger partial charge on any atom is -0.331 e. The fourth-order valence-corrected chi connectivity index (χ4v) is 3.74. The Kier molecular flexibility index (Phi) is 4.03. The quantitative estimate of drug-likeness (QED) is 0.908. The summed E-state index contributed by atoms with van der Waals surface area (Å²) in [6.07, 6.45) is 6.19. The van der Waals surface area contributed by atoms with Crippen molar-refractivity contribution >= 4 is 11.0 Å². The van der Waals surface area contributed by atoms with Crippen LogP contribution in [0.2, 0.25) is 0 Å². The molecular weight excluding hydrogens is 258 g/mol. The largest absolute Gasteiger partial charge is 0.331 e. The summed E-state index contributed by atoms with van der Waals surface area (Å²) in [6, 6.07) is 9.14. The Hall–Kier alpha value is -1.35. The van der Waals surface area contributed by atoms with E-state index in [2.05, 4.69) is 55.0 Å². The molecule has 1 heterocycles. The van der Waals surface area contributed by atoms with E-state index in [9.17, 15) is 0 Å². The number of imidazole rings is 1. The lowest BCUT2D eigenvalue weighted by atomic mass is 9.84. The van der Waals surface area contributed by atoms with E-state index in [-0.39, 0.29) is 0 Å². The molecule has 1 fully saturated rings. The van der Waals surface area contributed by atoms with Crippen LogP contribution in [0.15, 0.2) is 24.3 Å². The average Bonchev–Trinajstić information content (AvgIpc) is 2.99. The summed E-state index contributed by atoms with van der Waals surface area (Å²) in [7, 11) is 2.15. The third-order valence-corrected chi connectivity index (χ3v) is 4.98. The topological polar surface area (TPSA) is 29.9 Å². The molecule has 3 heteroatoms. The van der Waals surface area contributed by atoms with Gasteiger partial charge in [-0.1, -0.05) is 26.0 Å². The molecule has 2 unspecified atom stereocenters. The van der Waals surface area contributed by atoms with Crippen LogP contribution in [0, 0.1) is 5.41 Å².